The summed E-state index contributed by atoms with van der Waals surface area (Å²) in [4.78, 5) is 32.7. The molecule has 0 saturated heterocycles. The van der Waals surface area contributed by atoms with Crippen LogP contribution >= 0.6 is 0 Å². The molecule has 4 aromatic rings. The van der Waals surface area contributed by atoms with E-state index in [2.05, 4.69) is 20.4 Å². The van der Waals surface area contributed by atoms with Crippen molar-refractivity contribution in [2.75, 3.05) is 5.32 Å². The van der Waals surface area contributed by atoms with E-state index in [1.165, 1.54) is 16.8 Å². The molecule has 30 heavy (non-hydrogen) atoms. The zero-order valence-corrected chi connectivity index (χ0v) is 16.2. The molecule has 2 heterocycles. The molecular weight excluding hydrogens is 387 g/mol. The summed E-state index contributed by atoms with van der Waals surface area (Å²) in [5.74, 6) is -1.68. The first-order valence-electron chi connectivity index (χ1n) is 9.03. The lowest BCUT2D eigenvalue weighted by Crippen LogP contribution is -2.14. The first-order valence-corrected chi connectivity index (χ1v) is 9.03. The molecule has 0 radical (unpaired) electrons. The van der Waals surface area contributed by atoms with Crippen molar-refractivity contribution in [3.05, 3.63) is 77.1 Å². The van der Waals surface area contributed by atoms with Crippen LogP contribution in [0.4, 0.5) is 10.1 Å². The zero-order valence-electron chi connectivity index (χ0n) is 16.2. The maximum absolute atomic E-state index is 14.0. The van der Waals surface area contributed by atoms with Crippen molar-refractivity contribution in [2.45, 2.75) is 13.8 Å². The minimum Gasteiger partial charge on any atom is -0.364 e. The van der Waals surface area contributed by atoms with Crippen LogP contribution in [0.15, 0.2) is 48.7 Å². The monoisotopic (exact) mass is 404 g/mol. The molecule has 150 valence electrons. The van der Waals surface area contributed by atoms with E-state index in [0.717, 1.165) is 6.07 Å². The molecule has 3 N–H and O–H groups in total. The molecule has 2 aromatic heterocycles. The molecule has 9 heteroatoms. The van der Waals surface area contributed by atoms with Crippen molar-refractivity contribution in [3.8, 4) is 5.69 Å². The molecule has 8 nitrogen and oxygen atoms in total. The second-order valence-electron chi connectivity index (χ2n) is 6.73. The Kier molecular flexibility index (Phi) is 4.71. The summed E-state index contributed by atoms with van der Waals surface area (Å²) >= 11 is 0. The lowest BCUT2D eigenvalue weighted by atomic mass is 10.1. The predicted molar refractivity (Wildman–Crippen MR) is 109 cm³/mol. The van der Waals surface area contributed by atoms with Crippen molar-refractivity contribution >= 4 is 28.5 Å². The number of hydrogen-bond acceptors (Lipinski definition) is 5. The summed E-state index contributed by atoms with van der Waals surface area (Å²) in [5, 5.41) is 6.81. The van der Waals surface area contributed by atoms with Crippen LogP contribution in [-0.4, -0.2) is 31.6 Å². The number of fused-ring (bicyclic) bond motifs is 1. The van der Waals surface area contributed by atoms with E-state index in [4.69, 9.17) is 5.73 Å². The van der Waals surface area contributed by atoms with Gasteiger partial charge in [-0.15, -0.1) is 0 Å². The number of rotatable bonds is 4. The average molecular weight is 404 g/mol. The normalized spacial score (nSPS) is 10.9. The van der Waals surface area contributed by atoms with Gasteiger partial charge in [0.05, 0.1) is 28.2 Å². The van der Waals surface area contributed by atoms with E-state index < -0.39 is 17.6 Å². The van der Waals surface area contributed by atoms with Gasteiger partial charge in [-0.25, -0.2) is 19.0 Å². The number of nitrogens with two attached hydrogens (primary N) is 1. The standard InChI is InChI=1S/C21H17FN6O2/c1-11-12(2)25-19-16(9-13(22)10-18(19)24-11)21(30)26-14-3-5-15(6-4-14)28-8-7-17(27-28)20(23)29/h3-10H,1-2H3,(H2,23,29)(H,26,30). The molecule has 0 atom stereocenters. The summed E-state index contributed by atoms with van der Waals surface area (Å²) in [6.45, 7) is 3.56. The molecule has 0 spiro atoms. The summed E-state index contributed by atoms with van der Waals surface area (Å²) in [6, 6.07) is 10.7. The molecular formula is C21H17FN6O2. The Balaban J connectivity index is 1.61. The zero-order chi connectivity index (χ0) is 21.4. The Bertz CT molecular complexity index is 1300. The fourth-order valence-electron chi connectivity index (χ4n) is 2.97. The van der Waals surface area contributed by atoms with Gasteiger partial charge in [0.2, 0.25) is 0 Å². The van der Waals surface area contributed by atoms with E-state index in [0.29, 0.717) is 33.8 Å². The van der Waals surface area contributed by atoms with E-state index in [1.807, 2.05) is 0 Å². The fourth-order valence-corrected chi connectivity index (χ4v) is 2.97. The summed E-state index contributed by atoms with van der Waals surface area (Å²) in [6.07, 6.45) is 1.61. The van der Waals surface area contributed by atoms with Crippen molar-refractivity contribution in [2.24, 2.45) is 5.73 Å². The highest BCUT2D eigenvalue weighted by atomic mass is 19.1. The summed E-state index contributed by atoms with van der Waals surface area (Å²) in [5.41, 5.74) is 8.64. The number of carbonyl (C=O) groups excluding carboxylic acids is 2. The first kappa shape index (κ1) is 19.2. The van der Waals surface area contributed by atoms with Crippen LogP contribution in [-0.2, 0) is 0 Å². The lowest BCUT2D eigenvalue weighted by Gasteiger charge is -2.10. The van der Waals surface area contributed by atoms with Crippen LogP contribution in [0.1, 0.15) is 32.2 Å². The summed E-state index contributed by atoms with van der Waals surface area (Å²) < 4.78 is 15.5. The number of hydrogen-bond donors (Lipinski definition) is 2. The number of nitrogens with zero attached hydrogens (tertiary/aromatic N) is 4. The highest BCUT2D eigenvalue weighted by Gasteiger charge is 2.16. The molecule has 2 amide bonds. The van der Waals surface area contributed by atoms with Gasteiger partial charge in [-0.2, -0.15) is 5.10 Å². The van der Waals surface area contributed by atoms with E-state index in [1.54, 1.807) is 44.3 Å². The van der Waals surface area contributed by atoms with Gasteiger partial charge in [-0.1, -0.05) is 0 Å². The third-order valence-corrected chi connectivity index (χ3v) is 4.62. The minimum absolute atomic E-state index is 0.0999. The highest BCUT2D eigenvalue weighted by molar-refractivity contribution is 6.11. The number of primary amides is 1. The van der Waals surface area contributed by atoms with Gasteiger partial charge in [0.15, 0.2) is 0 Å². The molecule has 0 fully saturated rings. The molecule has 0 unspecified atom stereocenters. The molecule has 4 rings (SSSR count). The van der Waals surface area contributed by atoms with Crippen LogP contribution in [0.3, 0.4) is 0 Å². The topological polar surface area (TPSA) is 116 Å². The maximum atomic E-state index is 14.0. The van der Waals surface area contributed by atoms with Crippen LogP contribution in [0.5, 0.6) is 0 Å². The molecule has 0 aliphatic carbocycles. The van der Waals surface area contributed by atoms with Gasteiger partial charge >= 0.3 is 0 Å². The third-order valence-electron chi connectivity index (χ3n) is 4.62. The van der Waals surface area contributed by atoms with E-state index in [9.17, 15) is 14.0 Å². The number of benzene rings is 2. The van der Waals surface area contributed by atoms with Gasteiger partial charge in [0, 0.05) is 18.0 Å². The maximum Gasteiger partial charge on any atom is 0.269 e. The van der Waals surface area contributed by atoms with Crippen LogP contribution in [0, 0.1) is 19.7 Å². The van der Waals surface area contributed by atoms with Gasteiger partial charge in [-0.3, -0.25) is 9.59 Å². The Morgan fingerprint density at radius 2 is 1.73 bits per heavy atom. The predicted octanol–water partition coefficient (Wildman–Crippen LogP) is 2.92. The van der Waals surface area contributed by atoms with Gasteiger partial charge in [0.1, 0.15) is 17.0 Å². The van der Waals surface area contributed by atoms with Crippen LogP contribution in [0.25, 0.3) is 16.7 Å². The molecule has 0 aliphatic heterocycles. The minimum atomic E-state index is -0.617. The second kappa shape index (κ2) is 7.36. The largest absolute Gasteiger partial charge is 0.364 e. The van der Waals surface area contributed by atoms with Gasteiger partial charge in [0.25, 0.3) is 11.8 Å². The van der Waals surface area contributed by atoms with Gasteiger partial charge < -0.3 is 11.1 Å². The Labute approximate surface area is 170 Å². The molecule has 0 aliphatic rings. The Morgan fingerprint density at radius 3 is 2.40 bits per heavy atom. The number of aryl methyl sites for hydroxylation is 2. The molecule has 0 bridgehead atoms. The van der Waals surface area contributed by atoms with Gasteiger partial charge in [-0.05, 0) is 50.2 Å². The number of aromatic nitrogens is 4. The average Bonchev–Trinajstić information content (AvgIpc) is 3.20. The van der Waals surface area contributed by atoms with E-state index >= 15 is 0 Å². The Morgan fingerprint density at radius 1 is 1.03 bits per heavy atom. The first-order chi connectivity index (χ1) is 14.3. The number of halogens is 1. The Hall–Kier alpha value is -4.14. The van der Waals surface area contributed by atoms with Crippen LogP contribution in [0.2, 0.25) is 0 Å². The SMILES string of the molecule is Cc1nc2cc(F)cc(C(=O)Nc3ccc(-n4ccc(C(N)=O)n4)cc3)c2nc1C. The van der Waals surface area contributed by atoms with Crippen molar-refractivity contribution in [1.29, 1.82) is 0 Å². The van der Waals surface area contributed by atoms with Crippen molar-refractivity contribution in [3.63, 3.8) is 0 Å². The highest BCUT2D eigenvalue weighted by Crippen LogP contribution is 2.21. The van der Waals surface area contributed by atoms with Crippen molar-refractivity contribution in [1.82, 2.24) is 19.7 Å². The van der Waals surface area contributed by atoms with Crippen LogP contribution < -0.4 is 11.1 Å². The number of nitrogens with one attached hydrogen (secondary N) is 1. The second-order valence-corrected chi connectivity index (χ2v) is 6.73. The third kappa shape index (κ3) is 3.60. The van der Waals surface area contributed by atoms with E-state index in [-0.39, 0.29) is 11.3 Å². The summed E-state index contributed by atoms with van der Waals surface area (Å²) in [7, 11) is 0. The van der Waals surface area contributed by atoms with Crippen molar-refractivity contribution < 1.29 is 14.0 Å². The molecule has 0 saturated carbocycles. The smallest absolute Gasteiger partial charge is 0.269 e. The molecule has 2 aromatic carbocycles. The lowest BCUT2D eigenvalue weighted by molar-refractivity contribution is 0.0993. The fraction of sp³-hybridized carbons (Fsp3) is 0.0952. The number of carbonyl (C=O) groups is 2. The quantitative estimate of drug-likeness (QED) is 0.543. The number of anilines is 1. The number of amides is 2.